The van der Waals surface area contributed by atoms with Crippen LogP contribution in [-0.2, 0) is 0 Å². The normalized spacial score (nSPS) is 27.1. The van der Waals surface area contributed by atoms with Gasteiger partial charge in [-0.3, -0.25) is 14.9 Å². The average Bonchev–Trinajstić information content (AvgIpc) is 2.50. The molecular weight excluding hydrogens is 248 g/mol. The van der Waals surface area contributed by atoms with Gasteiger partial charge in [-0.05, 0) is 38.5 Å². The molecule has 0 spiro atoms. The Kier molecular flexibility index (Phi) is 3.05. The molecule has 0 bridgehead atoms. The molecule has 4 nitrogen and oxygen atoms in total. The fraction of sp³-hybridized carbons (Fsp3) is 0.500. The number of rotatable bonds is 2. The summed E-state index contributed by atoms with van der Waals surface area (Å²) in [6, 6.07) is 7.23. The number of hydrogen-bond acceptors (Lipinski definition) is 4. The second kappa shape index (κ2) is 5.46. The third-order valence-corrected chi connectivity index (χ3v) is 4.19. The topological polar surface area (TPSA) is 41.1 Å². The zero-order valence-corrected chi connectivity index (χ0v) is 12.2. The van der Waals surface area contributed by atoms with Crippen molar-refractivity contribution in [3.05, 3.63) is 36.1 Å². The Labute approximate surface area is 123 Å². The first kappa shape index (κ1) is 11.2. The molecule has 1 aromatic heterocycles. The number of aromatic nitrogens is 2. The maximum Gasteiger partial charge on any atom is 0.0890 e. The van der Waals surface area contributed by atoms with Gasteiger partial charge in [0.1, 0.15) is 0 Å². The van der Waals surface area contributed by atoms with Crippen molar-refractivity contribution in [1.82, 2.24) is 20.2 Å². The van der Waals surface area contributed by atoms with E-state index in [1.807, 2.05) is 12.1 Å². The number of nitrogens with zero attached hydrogens (tertiary/aromatic N) is 3. The van der Waals surface area contributed by atoms with Gasteiger partial charge in [-0.25, -0.2) is 0 Å². The molecule has 106 valence electrons. The largest absolute Gasteiger partial charge is 0.311 e. The minimum atomic E-state index is -0.0714. The molecule has 1 aliphatic rings. The molecule has 3 rings (SSSR count). The number of piperazine rings is 1. The zero-order valence-electron chi connectivity index (χ0n) is 14.2. The highest BCUT2D eigenvalue weighted by atomic mass is 15.2. The third-order valence-electron chi connectivity index (χ3n) is 4.19. The van der Waals surface area contributed by atoms with Gasteiger partial charge in [-0.1, -0.05) is 6.07 Å². The first-order valence-electron chi connectivity index (χ1n) is 8.19. The summed E-state index contributed by atoms with van der Waals surface area (Å²) in [6.07, 6.45) is -0.140. The highest BCUT2D eigenvalue weighted by Gasteiger charge is 2.27. The lowest BCUT2D eigenvalue weighted by Gasteiger charge is -2.41. The smallest absolute Gasteiger partial charge is 0.0890 e. The highest BCUT2D eigenvalue weighted by molar-refractivity contribution is 5.74. The van der Waals surface area contributed by atoms with Gasteiger partial charge in [-0.15, -0.1) is 0 Å². The number of nitrogens with one attached hydrogen (secondary N) is 1. The van der Waals surface area contributed by atoms with E-state index in [1.54, 1.807) is 0 Å². The van der Waals surface area contributed by atoms with E-state index in [0.717, 1.165) is 13.1 Å². The van der Waals surface area contributed by atoms with E-state index in [-0.39, 0.29) is 18.4 Å². The van der Waals surface area contributed by atoms with Gasteiger partial charge in [-0.2, -0.15) is 0 Å². The van der Waals surface area contributed by atoms with E-state index in [4.69, 9.17) is 2.74 Å². The van der Waals surface area contributed by atoms with E-state index in [9.17, 15) is 0 Å². The summed E-state index contributed by atoms with van der Waals surface area (Å²) >= 11 is 0. The molecule has 3 atom stereocenters. The maximum atomic E-state index is 7.65. The monoisotopic (exact) mass is 272 g/mol. The van der Waals surface area contributed by atoms with Crippen molar-refractivity contribution in [3.63, 3.8) is 0 Å². The van der Waals surface area contributed by atoms with Gasteiger partial charge in [0.25, 0.3) is 0 Å². The number of benzene rings is 1. The van der Waals surface area contributed by atoms with Crippen molar-refractivity contribution in [2.24, 2.45) is 0 Å². The van der Waals surface area contributed by atoms with E-state index >= 15 is 0 Å². The summed E-state index contributed by atoms with van der Waals surface area (Å²) in [5.74, 6) is 0. The predicted molar refractivity (Wildman–Crippen MR) is 81.6 cm³/mol. The molecule has 20 heavy (non-hydrogen) atoms. The van der Waals surface area contributed by atoms with Crippen molar-refractivity contribution >= 4 is 11.0 Å². The lowest BCUT2D eigenvalue weighted by Crippen LogP contribution is -2.54. The van der Waals surface area contributed by atoms with E-state index in [1.165, 1.54) is 5.56 Å². The molecule has 0 radical (unpaired) electrons. The summed E-state index contributed by atoms with van der Waals surface area (Å²) in [7, 11) is 0. The minimum absolute atomic E-state index is 0.0681. The second-order valence-corrected chi connectivity index (χ2v) is 5.73. The molecule has 0 aliphatic carbocycles. The number of fused-ring (bicyclic) bond motifs is 1. The molecule has 1 fully saturated rings. The molecule has 0 amide bonds. The van der Waals surface area contributed by atoms with Crippen molar-refractivity contribution in [2.45, 2.75) is 38.9 Å². The Bertz CT molecular complexity index is 691. The summed E-state index contributed by atoms with van der Waals surface area (Å²) in [6.45, 7) is 8.67. The van der Waals surface area contributed by atoms with E-state index in [0.29, 0.717) is 23.1 Å². The Morgan fingerprint density at radius 3 is 2.85 bits per heavy atom. The Hall–Kier alpha value is -1.52. The van der Waals surface area contributed by atoms with Gasteiger partial charge < -0.3 is 5.32 Å². The van der Waals surface area contributed by atoms with Crippen LogP contribution in [0.15, 0.2) is 30.5 Å². The van der Waals surface area contributed by atoms with Gasteiger partial charge >= 0.3 is 0 Å². The molecule has 2 aromatic rings. The first-order chi connectivity index (χ1) is 10.5. The van der Waals surface area contributed by atoms with Crippen LogP contribution in [0.1, 0.15) is 35.1 Å². The molecule has 1 N–H and O–H groups in total. The van der Waals surface area contributed by atoms with Gasteiger partial charge in [0.2, 0.25) is 0 Å². The fourth-order valence-electron chi connectivity index (χ4n) is 2.94. The van der Waals surface area contributed by atoms with Gasteiger partial charge in [0, 0.05) is 43.6 Å². The molecule has 2 heterocycles. The van der Waals surface area contributed by atoms with Crippen LogP contribution >= 0.6 is 0 Å². The SMILES string of the molecule is [2H]c1nc2ccc(C(C)N3C[C@H](C)NC[C@H]3C)cc2nc1[2H]. The van der Waals surface area contributed by atoms with Crippen molar-refractivity contribution in [3.8, 4) is 0 Å². The van der Waals surface area contributed by atoms with Crippen molar-refractivity contribution in [1.29, 1.82) is 0 Å². The van der Waals surface area contributed by atoms with E-state index in [2.05, 4.69) is 47.0 Å². The summed E-state index contributed by atoms with van der Waals surface area (Å²) in [4.78, 5) is 10.8. The third kappa shape index (κ3) is 2.53. The molecule has 0 saturated carbocycles. The van der Waals surface area contributed by atoms with Gasteiger partial charge in [0.05, 0.1) is 13.8 Å². The van der Waals surface area contributed by atoms with Crippen LogP contribution in [0.3, 0.4) is 0 Å². The zero-order chi connectivity index (χ0) is 15.9. The van der Waals surface area contributed by atoms with Crippen LogP contribution in [0.25, 0.3) is 11.0 Å². The van der Waals surface area contributed by atoms with Crippen LogP contribution in [0, 0.1) is 0 Å². The number of hydrogen-bond donors (Lipinski definition) is 1. The predicted octanol–water partition coefficient (Wildman–Crippen LogP) is 2.37. The Balaban J connectivity index is 1.93. The quantitative estimate of drug-likeness (QED) is 0.911. The summed E-state index contributed by atoms with van der Waals surface area (Å²) in [5, 5.41) is 3.50. The first-order valence-corrected chi connectivity index (χ1v) is 7.19. The molecule has 1 saturated heterocycles. The van der Waals surface area contributed by atoms with E-state index < -0.39 is 0 Å². The van der Waals surface area contributed by atoms with Crippen LogP contribution in [0.4, 0.5) is 0 Å². The summed E-state index contributed by atoms with van der Waals surface area (Å²) in [5.41, 5.74) is 2.56. The van der Waals surface area contributed by atoms with Crippen LogP contribution < -0.4 is 5.32 Å². The molecule has 1 aromatic carbocycles. The van der Waals surface area contributed by atoms with Crippen LogP contribution in [0.2, 0.25) is 0 Å². The average molecular weight is 272 g/mol. The highest BCUT2D eigenvalue weighted by Crippen LogP contribution is 2.26. The minimum Gasteiger partial charge on any atom is -0.311 e. The molecular formula is C16H22N4. The second-order valence-electron chi connectivity index (χ2n) is 5.73. The molecule has 1 unspecified atom stereocenters. The lowest BCUT2D eigenvalue weighted by molar-refractivity contribution is 0.103. The Morgan fingerprint density at radius 2 is 2.05 bits per heavy atom. The van der Waals surface area contributed by atoms with Crippen LogP contribution in [-0.4, -0.2) is 40.0 Å². The standard InChI is InChI=1S/C16H22N4/c1-11-10-20(12(2)9-19-11)13(3)14-4-5-15-16(8-14)18-7-6-17-15/h4-8,11-13,19H,9-10H2,1-3H3/t11-,12+,13?/m0/s1/i6D,7D. The maximum absolute atomic E-state index is 7.65. The molecule has 4 heteroatoms. The Morgan fingerprint density at radius 1 is 1.30 bits per heavy atom. The van der Waals surface area contributed by atoms with Crippen molar-refractivity contribution in [2.75, 3.05) is 13.1 Å². The summed E-state index contributed by atoms with van der Waals surface area (Å²) < 4.78 is 15.2. The fourth-order valence-corrected chi connectivity index (χ4v) is 2.94. The molecule has 1 aliphatic heterocycles. The van der Waals surface area contributed by atoms with Gasteiger partial charge in [0.15, 0.2) is 0 Å². The lowest BCUT2D eigenvalue weighted by atomic mass is 10.0. The van der Waals surface area contributed by atoms with Crippen molar-refractivity contribution < 1.29 is 2.74 Å². The van der Waals surface area contributed by atoms with Crippen LogP contribution in [0.5, 0.6) is 0 Å².